The molecule has 0 atom stereocenters. The minimum absolute atomic E-state index is 0.00667. The molecule has 1 aliphatic rings. The number of rotatable bonds is 7. The monoisotopic (exact) mass is 352 g/mol. The van der Waals surface area contributed by atoms with Crippen LogP contribution >= 0.6 is 0 Å². The molecule has 0 aromatic heterocycles. The summed E-state index contributed by atoms with van der Waals surface area (Å²) in [7, 11) is 0. The topological polar surface area (TPSA) is 50.4 Å². The number of carbonyl (C=O) groups excluding carboxylic acids is 1. The van der Waals surface area contributed by atoms with Crippen LogP contribution in [0.25, 0.3) is 0 Å². The van der Waals surface area contributed by atoms with E-state index in [9.17, 15) is 4.79 Å². The van der Waals surface area contributed by atoms with Crippen LogP contribution < -0.4 is 15.4 Å². The summed E-state index contributed by atoms with van der Waals surface area (Å²) in [6.07, 6.45) is 7.54. The largest absolute Gasteiger partial charge is 0.489 e. The molecule has 3 rings (SSSR count). The molecule has 2 aromatic carbocycles. The van der Waals surface area contributed by atoms with E-state index in [0.29, 0.717) is 19.2 Å². The van der Waals surface area contributed by atoms with Gasteiger partial charge in [-0.3, -0.25) is 4.79 Å². The Hall–Kier alpha value is -2.33. The Morgan fingerprint density at radius 2 is 1.62 bits per heavy atom. The third-order valence-corrected chi connectivity index (χ3v) is 4.79. The van der Waals surface area contributed by atoms with Gasteiger partial charge < -0.3 is 15.4 Å². The van der Waals surface area contributed by atoms with E-state index >= 15 is 0 Å². The van der Waals surface area contributed by atoms with Crippen molar-refractivity contribution in [2.45, 2.75) is 51.2 Å². The number of hydrogen-bond donors (Lipinski definition) is 2. The third-order valence-electron chi connectivity index (χ3n) is 4.79. The van der Waals surface area contributed by atoms with Crippen molar-refractivity contribution < 1.29 is 9.53 Å². The summed E-state index contributed by atoms with van der Waals surface area (Å²) in [6.45, 7) is 0.911. The van der Waals surface area contributed by atoms with Gasteiger partial charge in [0.1, 0.15) is 12.4 Å². The Bertz CT molecular complexity index is 662. The molecule has 0 aliphatic heterocycles. The molecule has 2 aromatic rings. The van der Waals surface area contributed by atoms with Gasteiger partial charge in [0.15, 0.2) is 0 Å². The fourth-order valence-corrected chi connectivity index (χ4v) is 3.30. The SMILES string of the molecule is O=C(CNC1CCCCCC1)Nc1ccc(OCc2ccccc2)cc1. The Balaban J connectivity index is 1.41. The van der Waals surface area contributed by atoms with Gasteiger partial charge in [0, 0.05) is 11.7 Å². The first kappa shape index (κ1) is 18.5. The number of carbonyl (C=O) groups is 1. The highest BCUT2D eigenvalue weighted by Crippen LogP contribution is 2.18. The molecule has 4 nitrogen and oxygen atoms in total. The van der Waals surface area contributed by atoms with Gasteiger partial charge in [0.05, 0.1) is 6.54 Å². The number of benzene rings is 2. The molecule has 138 valence electrons. The summed E-state index contributed by atoms with van der Waals surface area (Å²) in [5.74, 6) is 0.802. The smallest absolute Gasteiger partial charge is 0.238 e. The highest BCUT2D eigenvalue weighted by molar-refractivity contribution is 5.92. The second-order valence-corrected chi connectivity index (χ2v) is 6.92. The second-order valence-electron chi connectivity index (χ2n) is 6.92. The number of amides is 1. The van der Waals surface area contributed by atoms with Gasteiger partial charge in [-0.1, -0.05) is 56.0 Å². The lowest BCUT2D eigenvalue weighted by atomic mass is 10.1. The Kier molecular flexibility index (Phi) is 7.08. The van der Waals surface area contributed by atoms with Crippen molar-refractivity contribution in [3.05, 3.63) is 60.2 Å². The highest BCUT2D eigenvalue weighted by Gasteiger charge is 2.13. The molecule has 1 fully saturated rings. The fraction of sp³-hybridized carbons (Fsp3) is 0.409. The lowest BCUT2D eigenvalue weighted by molar-refractivity contribution is -0.115. The van der Waals surface area contributed by atoms with Crippen molar-refractivity contribution in [1.29, 1.82) is 0 Å². The van der Waals surface area contributed by atoms with Crippen molar-refractivity contribution in [1.82, 2.24) is 5.32 Å². The Morgan fingerprint density at radius 1 is 0.923 bits per heavy atom. The lowest BCUT2D eigenvalue weighted by Gasteiger charge is -2.16. The summed E-state index contributed by atoms with van der Waals surface area (Å²) in [5.41, 5.74) is 1.93. The fourth-order valence-electron chi connectivity index (χ4n) is 3.30. The van der Waals surface area contributed by atoms with Gasteiger partial charge in [0.2, 0.25) is 5.91 Å². The van der Waals surface area contributed by atoms with Gasteiger partial charge >= 0.3 is 0 Å². The molecule has 26 heavy (non-hydrogen) atoms. The predicted octanol–water partition coefficient (Wildman–Crippen LogP) is 4.52. The Labute approximate surface area is 156 Å². The summed E-state index contributed by atoms with van der Waals surface area (Å²) >= 11 is 0. The van der Waals surface area contributed by atoms with Crippen LogP contribution in [0, 0.1) is 0 Å². The van der Waals surface area contributed by atoms with Crippen LogP contribution in [-0.2, 0) is 11.4 Å². The summed E-state index contributed by atoms with van der Waals surface area (Å²) < 4.78 is 5.77. The van der Waals surface area contributed by atoms with Crippen LogP contribution in [0.5, 0.6) is 5.75 Å². The zero-order valence-corrected chi connectivity index (χ0v) is 15.2. The molecular weight excluding hydrogens is 324 g/mol. The lowest BCUT2D eigenvalue weighted by Crippen LogP contribution is -2.35. The number of ether oxygens (including phenoxy) is 1. The first-order valence-electron chi connectivity index (χ1n) is 9.59. The standard InChI is InChI=1S/C22H28N2O2/c25-22(16-23-19-10-6-1-2-7-11-19)24-20-12-14-21(15-13-20)26-17-18-8-4-3-5-9-18/h3-5,8-9,12-15,19,23H,1-2,6-7,10-11,16-17H2,(H,24,25). The maximum Gasteiger partial charge on any atom is 0.238 e. The second kappa shape index (κ2) is 9.97. The van der Waals surface area contributed by atoms with Crippen LogP contribution in [0.4, 0.5) is 5.69 Å². The molecule has 2 N–H and O–H groups in total. The van der Waals surface area contributed by atoms with E-state index in [-0.39, 0.29) is 5.91 Å². The van der Waals surface area contributed by atoms with E-state index < -0.39 is 0 Å². The molecule has 0 saturated heterocycles. The molecule has 1 aliphatic carbocycles. The van der Waals surface area contributed by atoms with Crippen LogP contribution in [0.2, 0.25) is 0 Å². The van der Waals surface area contributed by atoms with Crippen molar-refractivity contribution in [3.8, 4) is 5.75 Å². The van der Waals surface area contributed by atoms with Gasteiger partial charge in [-0.15, -0.1) is 0 Å². The Morgan fingerprint density at radius 3 is 2.31 bits per heavy atom. The van der Waals surface area contributed by atoms with Crippen molar-refractivity contribution in [3.63, 3.8) is 0 Å². The van der Waals surface area contributed by atoms with Crippen LogP contribution in [0.3, 0.4) is 0 Å². The van der Waals surface area contributed by atoms with Gasteiger partial charge in [0.25, 0.3) is 0 Å². The van der Waals surface area contributed by atoms with E-state index in [2.05, 4.69) is 10.6 Å². The molecule has 0 unspecified atom stereocenters. The summed E-state index contributed by atoms with van der Waals surface area (Å²) in [4.78, 5) is 12.1. The molecule has 1 amide bonds. The molecule has 0 bridgehead atoms. The third kappa shape index (κ3) is 6.19. The zero-order chi connectivity index (χ0) is 18.0. The molecule has 0 radical (unpaired) electrons. The van der Waals surface area contributed by atoms with E-state index in [4.69, 9.17) is 4.74 Å². The highest BCUT2D eigenvalue weighted by atomic mass is 16.5. The van der Waals surface area contributed by atoms with Gasteiger partial charge in [-0.2, -0.15) is 0 Å². The average Bonchev–Trinajstić information content (AvgIpc) is 2.96. The van der Waals surface area contributed by atoms with Crippen LogP contribution in [0.1, 0.15) is 44.1 Å². The van der Waals surface area contributed by atoms with Gasteiger partial charge in [-0.05, 0) is 42.7 Å². The van der Waals surface area contributed by atoms with E-state index in [1.54, 1.807) is 0 Å². The first-order chi connectivity index (χ1) is 12.8. The van der Waals surface area contributed by atoms with Crippen LogP contribution in [0.15, 0.2) is 54.6 Å². The molecule has 0 spiro atoms. The molecular formula is C22H28N2O2. The number of hydrogen-bond acceptors (Lipinski definition) is 3. The summed E-state index contributed by atoms with van der Waals surface area (Å²) in [6, 6.07) is 18.1. The first-order valence-corrected chi connectivity index (χ1v) is 9.59. The molecule has 4 heteroatoms. The van der Waals surface area contributed by atoms with Gasteiger partial charge in [-0.25, -0.2) is 0 Å². The minimum atomic E-state index is 0.00667. The van der Waals surface area contributed by atoms with Crippen molar-refractivity contribution in [2.24, 2.45) is 0 Å². The number of nitrogens with one attached hydrogen (secondary N) is 2. The van der Waals surface area contributed by atoms with Crippen molar-refractivity contribution >= 4 is 11.6 Å². The minimum Gasteiger partial charge on any atom is -0.489 e. The average molecular weight is 352 g/mol. The zero-order valence-electron chi connectivity index (χ0n) is 15.2. The van der Waals surface area contributed by atoms with E-state index in [0.717, 1.165) is 17.0 Å². The van der Waals surface area contributed by atoms with E-state index in [1.807, 2.05) is 54.6 Å². The quantitative estimate of drug-likeness (QED) is 0.721. The van der Waals surface area contributed by atoms with Crippen LogP contribution in [-0.4, -0.2) is 18.5 Å². The predicted molar refractivity (Wildman–Crippen MR) is 105 cm³/mol. The maximum atomic E-state index is 12.1. The molecule has 1 saturated carbocycles. The van der Waals surface area contributed by atoms with Crippen molar-refractivity contribution in [2.75, 3.05) is 11.9 Å². The number of anilines is 1. The maximum absolute atomic E-state index is 12.1. The van der Waals surface area contributed by atoms with E-state index in [1.165, 1.54) is 38.5 Å². The summed E-state index contributed by atoms with van der Waals surface area (Å²) in [5, 5.41) is 6.34. The normalized spacial score (nSPS) is 15.2. The molecule has 0 heterocycles.